The number of fused-ring (bicyclic) bond motifs is 2. The third-order valence-electron chi connectivity index (χ3n) is 5.60. The maximum Gasteiger partial charge on any atom is 0.339 e. The van der Waals surface area contributed by atoms with Crippen LogP contribution in [0.2, 0.25) is 5.02 Å². The van der Waals surface area contributed by atoms with Crippen molar-refractivity contribution in [3.8, 4) is 34.3 Å². The van der Waals surface area contributed by atoms with Crippen molar-refractivity contribution in [3.63, 3.8) is 0 Å². The average molecular weight is 482 g/mol. The summed E-state index contributed by atoms with van der Waals surface area (Å²) in [6.07, 6.45) is 0. The number of aromatic hydroxyl groups is 1. The lowest BCUT2D eigenvalue weighted by Crippen LogP contribution is -2.08. The first-order valence-corrected chi connectivity index (χ1v) is 11.0. The first kappa shape index (κ1) is 22.2. The molecule has 0 aromatic heterocycles. The molecule has 0 saturated heterocycles. The van der Waals surface area contributed by atoms with Crippen molar-refractivity contribution in [3.05, 3.63) is 111 Å². The van der Waals surface area contributed by atoms with Gasteiger partial charge < -0.3 is 14.3 Å². The number of carbonyl (C=O) groups is 1. The summed E-state index contributed by atoms with van der Waals surface area (Å²) in [4.78, 5) is 25.3. The van der Waals surface area contributed by atoms with Crippen LogP contribution in [0.15, 0.2) is 88.1 Å². The second-order valence-corrected chi connectivity index (χ2v) is 8.33. The highest BCUT2D eigenvalue weighted by Gasteiger charge is 2.23. The van der Waals surface area contributed by atoms with Gasteiger partial charge in [0, 0.05) is 33.7 Å². The third kappa shape index (κ3) is 4.33. The third-order valence-corrected chi connectivity index (χ3v) is 5.85. The number of carbonyl (C=O) groups excluding carboxylic acids is 1. The molecule has 0 amide bonds. The number of phenols is 1. The fraction of sp³-hybridized carbons (Fsp3) is 0.0357. The predicted octanol–water partition coefficient (Wildman–Crippen LogP) is 6.15. The maximum atomic E-state index is 13.3. The Hall–Kier alpha value is -4.60. The van der Waals surface area contributed by atoms with E-state index in [1.165, 1.54) is 30.3 Å². The molecule has 3 aromatic rings. The van der Waals surface area contributed by atoms with E-state index in [2.05, 4.69) is 6.07 Å². The molecule has 2 aliphatic rings. The van der Waals surface area contributed by atoms with E-state index < -0.39 is 5.97 Å². The molecule has 6 nitrogen and oxygen atoms in total. The summed E-state index contributed by atoms with van der Waals surface area (Å²) in [7, 11) is 0. The molecule has 1 heterocycles. The van der Waals surface area contributed by atoms with Gasteiger partial charge in [0.25, 0.3) is 0 Å². The SMILES string of the molecule is N#Cc1ccc(-c2c3ccc(=O)cc-3oc3cc(O)ccc23)c(C(=O)OCc2ccc(Cl)cc2)c1. The molecule has 1 aliphatic heterocycles. The van der Waals surface area contributed by atoms with Crippen molar-refractivity contribution < 1.29 is 19.1 Å². The second kappa shape index (κ2) is 8.98. The normalized spacial score (nSPS) is 10.9. The minimum Gasteiger partial charge on any atom is -0.508 e. The molecule has 1 N–H and O–H groups in total. The van der Waals surface area contributed by atoms with E-state index in [4.69, 9.17) is 20.8 Å². The van der Waals surface area contributed by atoms with E-state index in [9.17, 15) is 20.0 Å². The Kier molecular flexibility index (Phi) is 5.69. The summed E-state index contributed by atoms with van der Waals surface area (Å²) in [6.45, 7) is 0.0191. The van der Waals surface area contributed by atoms with Crippen LogP contribution in [0.1, 0.15) is 21.5 Å². The van der Waals surface area contributed by atoms with E-state index in [-0.39, 0.29) is 23.3 Å². The molecule has 0 radical (unpaired) electrons. The van der Waals surface area contributed by atoms with Gasteiger partial charge in [-0.3, -0.25) is 4.79 Å². The monoisotopic (exact) mass is 481 g/mol. The van der Waals surface area contributed by atoms with E-state index in [1.807, 2.05) is 0 Å². The Morgan fingerprint density at radius 3 is 2.51 bits per heavy atom. The van der Waals surface area contributed by atoms with E-state index >= 15 is 0 Å². The van der Waals surface area contributed by atoms with Gasteiger partial charge in [-0.05, 0) is 59.7 Å². The van der Waals surface area contributed by atoms with Crippen LogP contribution in [-0.2, 0) is 11.3 Å². The van der Waals surface area contributed by atoms with Gasteiger partial charge in [-0.2, -0.15) is 5.26 Å². The fourth-order valence-electron chi connectivity index (χ4n) is 3.96. The highest BCUT2D eigenvalue weighted by molar-refractivity contribution is 6.30. The number of hydrogen-bond acceptors (Lipinski definition) is 6. The highest BCUT2D eigenvalue weighted by Crippen LogP contribution is 2.42. The van der Waals surface area contributed by atoms with Gasteiger partial charge in [0.2, 0.25) is 0 Å². The summed E-state index contributed by atoms with van der Waals surface area (Å²) >= 11 is 5.93. The zero-order valence-corrected chi connectivity index (χ0v) is 18.9. The molecular formula is C28H16ClNO5. The molecule has 0 unspecified atom stereocenters. The average Bonchev–Trinajstić information content (AvgIpc) is 2.86. The minimum atomic E-state index is -0.617. The van der Waals surface area contributed by atoms with Crippen LogP contribution in [0.25, 0.3) is 33.4 Å². The number of halogens is 1. The van der Waals surface area contributed by atoms with Crippen molar-refractivity contribution in [2.75, 3.05) is 0 Å². The number of rotatable bonds is 4. The number of phenolic OH excluding ortho intramolecular Hbond substituents is 1. The van der Waals surface area contributed by atoms with Crippen LogP contribution in [-0.4, -0.2) is 11.1 Å². The van der Waals surface area contributed by atoms with Crippen LogP contribution in [0.5, 0.6) is 5.75 Å². The largest absolute Gasteiger partial charge is 0.508 e. The quantitative estimate of drug-likeness (QED) is 0.244. The lowest BCUT2D eigenvalue weighted by atomic mass is 9.90. The summed E-state index contributed by atoms with van der Waals surface area (Å²) < 4.78 is 11.5. The molecule has 35 heavy (non-hydrogen) atoms. The van der Waals surface area contributed by atoms with Crippen molar-refractivity contribution in [1.82, 2.24) is 0 Å². The van der Waals surface area contributed by atoms with Crippen LogP contribution >= 0.6 is 11.6 Å². The summed E-state index contributed by atoms with van der Waals surface area (Å²) in [5.41, 5.74) is 3.04. The molecule has 0 saturated carbocycles. The standard InChI is InChI=1S/C28H16ClNO5/c29-18-4-1-16(2-5-18)15-34-28(33)24-11-17(14-30)3-8-21(24)27-22-9-6-19(31)12-25(22)35-26-13-20(32)7-10-23(26)27/h1-13,31H,15H2. The van der Waals surface area contributed by atoms with Gasteiger partial charge in [0.05, 0.1) is 17.2 Å². The van der Waals surface area contributed by atoms with Gasteiger partial charge in [-0.15, -0.1) is 0 Å². The van der Waals surface area contributed by atoms with E-state index in [0.29, 0.717) is 44.0 Å². The lowest BCUT2D eigenvalue weighted by molar-refractivity contribution is 0.0473. The molecule has 170 valence electrons. The van der Waals surface area contributed by atoms with E-state index in [0.717, 1.165) is 5.56 Å². The van der Waals surface area contributed by atoms with Crippen molar-refractivity contribution >= 4 is 28.5 Å². The van der Waals surface area contributed by atoms with Crippen LogP contribution in [0.4, 0.5) is 0 Å². The zero-order chi connectivity index (χ0) is 24.5. The molecule has 0 fully saturated rings. The Bertz CT molecular complexity index is 1660. The lowest BCUT2D eigenvalue weighted by Gasteiger charge is -2.17. The van der Waals surface area contributed by atoms with Crippen molar-refractivity contribution in [1.29, 1.82) is 5.26 Å². The van der Waals surface area contributed by atoms with Crippen molar-refractivity contribution in [2.45, 2.75) is 6.61 Å². The topological polar surface area (TPSA) is 101 Å². The van der Waals surface area contributed by atoms with Crippen molar-refractivity contribution in [2.24, 2.45) is 0 Å². The van der Waals surface area contributed by atoms with Gasteiger partial charge >= 0.3 is 5.97 Å². The number of nitriles is 1. The molecule has 0 bridgehead atoms. The van der Waals surface area contributed by atoms with Gasteiger partial charge in [-0.25, -0.2) is 4.79 Å². The summed E-state index contributed by atoms with van der Waals surface area (Å²) in [5.74, 6) is -0.323. The Labute approximate surface area is 204 Å². The first-order valence-electron chi connectivity index (χ1n) is 10.6. The predicted molar refractivity (Wildman–Crippen MR) is 131 cm³/mol. The van der Waals surface area contributed by atoms with Gasteiger partial charge in [-0.1, -0.05) is 29.8 Å². The number of ether oxygens (including phenoxy) is 1. The minimum absolute atomic E-state index is 0.00717. The smallest absolute Gasteiger partial charge is 0.339 e. The van der Waals surface area contributed by atoms with Gasteiger partial charge in [0.15, 0.2) is 5.43 Å². The molecule has 5 rings (SSSR count). The Morgan fingerprint density at radius 1 is 0.971 bits per heavy atom. The molecule has 3 aromatic carbocycles. The number of esters is 1. The van der Waals surface area contributed by atoms with E-state index in [1.54, 1.807) is 48.5 Å². The van der Waals surface area contributed by atoms with Crippen LogP contribution in [0, 0.1) is 11.3 Å². The Balaban J connectivity index is 1.69. The number of benzene rings is 4. The molecular weight excluding hydrogens is 466 g/mol. The molecule has 1 aliphatic carbocycles. The zero-order valence-electron chi connectivity index (χ0n) is 18.1. The Morgan fingerprint density at radius 2 is 1.74 bits per heavy atom. The summed E-state index contributed by atoms with van der Waals surface area (Å²) in [5, 5.41) is 20.6. The first-order chi connectivity index (χ1) is 16.9. The molecule has 0 spiro atoms. The van der Waals surface area contributed by atoms with Crippen LogP contribution < -0.4 is 5.43 Å². The number of hydrogen-bond donors (Lipinski definition) is 1. The molecule has 0 atom stereocenters. The highest BCUT2D eigenvalue weighted by atomic mass is 35.5. The maximum absolute atomic E-state index is 13.3. The number of nitrogens with zero attached hydrogens (tertiary/aromatic N) is 1. The second-order valence-electron chi connectivity index (χ2n) is 7.89. The summed E-state index contributed by atoms with van der Waals surface area (Å²) in [6, 6.07) is 22.8. The van der Waals surface area contributed by atoms with Gasteiger partial charge in [0.1, 0.15) is 23.7 Å². The fourth-order valence-corrected chi connectivity index (χ4v) is 4.08. The van der Waals surface area contributed by atoms with Crippen LogP contribution in [0.3, 0.4) is 0 Å². The molecule has 7 heteroatoms.